The number of carbonyl (C=O) groups is 1. The molecule has 0 heterocycles. The first-order valence-electron chi connectivity index (χ1n) is 6.34. The van der Waals surface area contributed by atoms with Crippen LogP contribution in [0.25, 0.3) is 0 Å². The molecule has 1 aromatic rings. The van der Waals surface area contributed by atoms with Gasteiger partial charge in [0.1, 0.15) is 5.75 Å². The van der Waals surface area contributed by atoms with Crippen LogP contribution in [-0.2, 0) is 4.79 Å². The lowest BCUT2D eigenvalue weighted by Crippen LogP contribution is -2.40. The van der Waals surface area contributed by atoms with E-state index in [0.717, 1.165) is 24.1 Å². The third-order valence-corrected chi connectivity index (χ3v) is 3.86. The number of hydrogen-bond acceptors (Lipinski definition) is 3. The van der Waals surface area contributed by atoms with E-state index in [1.165, 1.54) is 6.42 Å². The number of rotatable bonds is 4. The number of carbonyl (C=O) groups excluding carboxylic acids is 1. The van der Waals surface area contributed by atoms with Crippen molar-refractivity contribution in [3.8, 4) is 5.75 Å². The van der Waals surface area contributed by atoms with Crippen molar-refractivity contribution in [2.45, 2.75) is 32.6 Å². The Hall–Kier alpha value is -1.55. The van der Waals surface area contributed by atoms with Gasteiger partial charge in [-0.1, -0.05) is 6.42 Å². The zero-order chi connectivity index (χ0) is 13.2. The number of anilines is 1. The fraction of sp³-hybridized carbons (Fsp3) is 0.500. The maximum absolute atomic E-state index is 11.9. The van der Waals surface area contributed by atoms with Gasteiger partial charge >= 0.3 is 0 Å². The SMILES string of the molecule is Cc1cc(NC(=O)CC2(CN)CCC2)ccc1O. The quantitative estimate of drug-likeness (QED) is 0.715. The summed E-state index contributed by atoms with van der Waals surface area (Å²) in [5, 5.41) is 12.3. The Labute approximate surface area is 107 Å². The topological polar surface area (TPSA) is 75.4 Å². The van der Waals surface area contributed by atoms with E-state index >= 15 is 0 Å². The smallest absolute Gasteiger partial charge is 0.224 e. The highest BCUT2D eigenvalue weighted by Crippen LogP contribution is 2.43. The van der Waals surface area contributed by atoms with Crippen LogP contribution >= 0.6 is 0 Å². The third-order valence-electron chi connectivity index (χ3n) is 3.86. The summed E-state index contributed by atoms with van der Waals surface area (Å²) in [7, 11) is 0. The average molecular weight is 248 g/mol. The minimum atomic E-state index is 0.00485. The zero-order valence-electron chi connectivity index (χ0n) is 10.7. The van der Waals surface area contributed by atoms with Gasteiger partial charge < -0.3 is 16.2 Å². The van der Waals surface area contributed by atoms with Gasteiger partial charge in [0.05, 0.1) is 0 Å². The molecule has 0 aliphatic heterocycles. The Morgan fingerprint density at radius 3 is 2.72 bits per heavy atom. The Morgan fingerprint density at radius 1 is 1.50 bits per heavy atom. The first-order valence-corrected chi connectivity index (χ1v) is 6.34. The van der Waals surface area contributed by atoms with Crippen LogP contribution in [0.4, 0.5) is 5.69 Å². The molecule has 4 nitrogen and oxygen atoms in total. The number of phenolic OH excluding ortho intramolecular Hbond substituents is 1. The monoisotopic (exact) mass is 248 g/mol. The molecule has 0 saturated heterocycles. The van der Waals surface area contributed by atoms with Crippen LogP contribution in [0.1, 0.15) is 31.2 Å². The van der Waals surface area contributed by atoms with Crippen molar-refractivity contribution in [3.63, 3.8) is 0 Å². The van der Waals surface area contributed by atoms with Crippen molar-refractivity contribution in [1.29, 1.82) is 0 Å². The Bertz CT molecular complexity index is 448. The number of benzene rings is 1. The Kier molecular flexibility index (Phi) is 3.57. The first kappa shape index (κ1) is 12.9. The van der Waals surface area contributed by atoms with Gasteiger partial charge in [0.15, 0.2) is 0 Å². The number of amides is 1. The predicted octanol–water partition coefficient (Wildman–Crippen LogP) is 2.16. The summed E-state index contributed by atoms with van der Waals surface area (Å²) >= 11 is 0. The lowest BCUT2D eigenvalue weighted by molar-refractivity contribution is -0.119. The number of aromatic hydroxyl groups is 1. The summed E-state index contributed by atoms with van der Waals surface area (Å²) in [6.45, 7) is 2.38. The number of hydrogen-bond donors (Lipinski definition) is 3. The average Bonchev–Trinajstić information content (AvgIpc) is 2.29. The summed E-state index contributed by atoms with van der Waals surface area (Å²) in [4.78, 5) is 11.9. The van der Waals surface area contributed by atoms with Crippen molar-refractivity contribution in [1.82, 2.24) is 0 Å². The van der Waals surface area contributed by atoms with Crippen molar-refractivity contribution in [2.75, 3.05) is 11.9 Å². The maximum atomic E-state index is 11.9. The van der Waals surface area contributed by atoms with Crippen LogP contribution in [-0.4, -0.2) is 17.6 Å². The molecule has 0 atom stereocenters. The molecule has 0 aromatic heterocycles. The molecule has 2 rings (SSSR count). The van der Waals surface area contributed by atoms with E-state index in [0.29, 0.717) is 13.0 Å². The van der Waals surface area contributed by atoms with Crippen molar-refractivity contribution < 1.29 is 9.90 Å². The second-order valence-corrected chi connectivity index (χ2v) is 5.28. The molecular formula is C14H20N2O2. The molecule has 0 radical (unpaired) electrons. The van der Waals surface area contributed by atoms with E-state index in [2.05, 4.69) is 5.32 Å². The third kappa shape index (κ3) is 2.64. The zero-order valence-corrected chi connectivity index (χ0v) is 10.7. The molecule has 1 aliphatic rings. The Balaban J connectivity index is 1.96. The van der Waals surface area contributed by atoms with Crippen LogP contribution in [0.3, 0.4) is 0 Å². The van der Waals surface area contributed by atoms with Crippen LogP contribution < -0.4 is 11.1 Å². The summed E-state index contributed by atoms with van der Waals surface area (Å²) in [6, 6.07) is 5.06. The molecule has 98 valence electrons. The highest BCUT2D eigenvalue weighted by molar-refractivity contribution is 5.91. The predicted molar refractivity (Wildman–Crippen MR) is 71.4 cm³/mol. The number of nitrogens with one attached hydrogen (secondary N) is 1. The molecule has 1 saturated carbocycles. The van der Waals surface area contributed by atoms with E-state index in [9.17, 15) is 9.90 Å². The molecule has 0 spiro atoms. The molecular weight excluding hydrogens is 228 g/mol. The maximum Gasteiger partial charge on any atom is 0.224 e. The summed E-state index contributed by atoms with van der Waals surface area (Å²) < 4.78 is 0. The second kappa shape index (κ2) is 4.98. The fourth-order valence-corrected chi connectivity index (χ4v) is 2.41. The van der Waals surface area contributed by atoms with E-state index in [-0.39, 0.29) is 17.1 Å². The lowest BCUT2D eigenvalue weighted by Gasteiger charge is -2.40. The fourth-order valence-electron chi connectivity index (χ4n) is 2.41. The van der Waals surface area contributed by atoms with Crippen LogP contribution in [0.2, 0.25) is 0 Å². The van der Waals surface area contributed by atoms with Gasteiger partial charge in [-0.2, -0.15) is 0 Å². The molecule has 1 aromatic carbocycles. The summed E-state index contributed by atoms with van der Waals surface area (Å²) in [5.74, 6) is 0.246. The Morgan fingerprint density at radius 2 is 2.22 bits per heavy atom. The number of nitrogens with two attached hydrogens (primary N) is 1. The first-order chi connectivity index (χ1) is 8.54. The molecule has 18 heavy (non-hydrogen) atoms. The second-order valence-electron chi connectivity index (χ2n) is 5.28. The lowest BCUT2D eigenvalue weighted by atomic mass is 9.66. The number of aryl methyl sites for hydroxylation is 1. The van der Waals surface area contributed by atoms with Gasteiger partial charge in [-0.15, -0.1) is 0 Å². The van der Waals surface area contributed by atoms with Gasteiger partial charge in [0.25, 0.3) is 0 Å². The normalized spacial score (nSPS) is 17.0. The van der Waals surface area contributed by atoms with Gasteiger partial charge in [-0.05, 0) is 55.5 Å². The van der Waals surface area contributed by atoms with Crippen LogP contribution in [0, 0.1) is 12.3 Å². The molecule has 4 heteroatoms. The van der Waals surface area contributed by atoms with Crippen molar-refractivity contribution >= 4 is 11.6 Å². The van der Waals surface area contributed by atoms with E-state index in [1.54, 1.807) is 25.1 Å². The number of phenols is 1. The highest BCUT2D eigenvalue weighted by Gasteiger charge is 2.37. The van der Waals surface area contributed by atoms with Gasteiger partial charge in [-0.3, -0.25) is 4.79 Å². The highest BCUT2D eigenvalue weighted by atomic mass is 16.3. The van der Waals surface area contributed by atoms with Gasteiger partial charge in [0.2, 0.25) is 5.91 Å². The molecule has 0 bridgehead atoms. The molecule has 4 N–H and O–H groups in total. The van der Waals surface area contributed by atoms with E-state index in [1.807, 2.05) is 0 Å². The van der Waals surface area contributed by atoms with Gasteiger partial charge in [-0.25, -0.2) is 0 Å². The molecule has 1 aliphatic carbocycles. The van der Waals surface area contributed by atoms with Crippen molar-refractivity contribution in [3.05, 3.63) is 23.8 Å². The molecule has 0 unspecified atom stereocenters. The molecule has 1 fully saturated rings. The largest absolute Gasteiger partial charge is 0.508 e. The summed E-state index contributed by atoms with van der Waals surface area (Å²) in [5.41, 5.74) is 7.24. The summed E-state index contributed by atoms with van der Waals surface area (Å²) in [6.07, 6.45) is 3.75. The van der Waals surface area contributed by atoms with Crippen LogP contribution in [0.5, 0.6) is 5.75 Å². The minimum Gasteiger partial charge on any atom is -0.508 e. The van der Waals surface area contributed by atoms with Crippen LogP contribution in [0.15, 0.2) is 18.2 Å². The standard InChI is InChI=1S/C14H20N2O2/c1-10-7-11(3-4-12(10)17)16-13(18)8-14(9-15)5-2-6-14/h3-4,7,17H,2,5-6,8-9,15H2,1H3,(H,16,18). The van der Waals surface area contributed by atoms with E-state index in [4.69, 9.17) is 5.73 Å². The minimum absolute atomic E-state index is 0.00485. The van der Waals surface area contributed by atoms with Crippen molar-refractivity contribution in [2.24, 2.45) is 11.1 Å². The molecule has 1 amide bonds. The van der Waals surface area contributed by atoms with Gasteiger partial charge in [0, 0.05) is 12.1 Å². The van der Waals surface area contributed by atoms with E-state index < -0.39 is 0 Å².